The van der Waals surface area contributed by atoms with Gasteiger partial charge in [-0.15, -0.1) is 0 Å². The van der Waals surface area contributed by atoms with E-state index >= 15 is 0 Å². The molecule has 1 aromatic carbocycles. The molecule has 0 amide bonds. The molecule has 1 aromatic heterocycles. The molecule has 0 radical (unpaired) electrons. The number of rotatable bonds is 2. The number of hydrogen-bond donors (Lipinski definition) is 1. The molecule has 0 aliphatic carbocycles. The second-order valence-corrected chi connectivity index (χ2v) is 5.21. The average Bonchev–Trinajstić information content (AvgIpc) is 2.28. The number of anilines is 2. The number of aryl methyl sites for hydroxylation is 1. The van der Waals surface area contributed by atoms with Gasteiger partial charge >= 0.3 is 0 Å². The minimum absolute atomic E-state index is 0.569. The fraction of sp³-hybridized carbons (Fsp3) is 0.0833. The van der Waals surface area contributed by atoms with Crippen LogP contribution >= 0.6 is 39.1 Å². The molecule has 88 valence electrons. The minimum Gasteiger partial charge on any atom is -0.338 e. The van der Waals surface area contributed by atoms with Gasteiger partial charge in [0, 0.05) is 10.7 Å². The maximum atomic E-state index is 6.07. The lowest BCUT2D eigenvalue weighted by molar-refractivity contribution is 1.25. The van der Waals surface area contributed by atoms with Gasteiger partial charge in [0.15, 0.2) is 0 Å². The van der Waals surface area contributed by atoms with Crippen LogP contribution in [0.5, 0.6) is 0 Å². The molecule has 0 spiro atoms. The van der Waals surface area contributed by atoms with Crippen molar-refractivity contribution in [3.63, 3.8) is 0 Å². The summed E-state index contributed by atoms with van der Waals surface area (Å²) in [5.74, 6) is 0.709. The van der Waals surface area contributed by atoms with E-state index in [0.717, 1.165) is 10.0 Å². The fourth-order valence-corrected chi connectivity index (χ4v) is 2.06. The first kappa shape index (κ1) is 12.7. The van der Waals surface area contributed by atoms with Crippen LogP contribution < -0.4 is 5.32 Å². The number of aromatic nitrogens is 1. The summed E-state index contributed by atoms with van der Waals surface area (Å²) in [7, 11) is 0. The van der Waals surface area contributed by atoms with E-state index in [9.17, 15) is 0 Å². The molecule has 2 nitrogen and oxygen atoms in total. The minimum atomic E-state index is 0.569. The molecule has 0 saturated carbocycles. The Morgan fingerprint density at radius 2 is 1.88 bits per heavy atom. The predicted octanol–water partition coefficient (Wildman–Crippen LogP) is 5.20. The molecule has 17 heavy (non-hydrogen) atoms. The van der Waals surface area contributed by atoms with E-state index in [2.05, 4.69) is 26.2 Å². The van der Waals surface area contributed by atoms with Crippen molar-refractivity contribution in [1.29, 1.82) is 0 Å². The third-order valence-corrected chi connectivity index (χ3v) is 3.72. The SMILES string of the molecule is Cc1cc(Nc2c(Cl)cccc2Cl)ncc1Br. The van der Waals surface area contributed by atoms with Crippen LogP contribution in [-0.2, 0) is 0 Å². The smallest absolute Gasteiger partial charge is 0.130 e. The fourth-order valence-electron chi connectivity index (χ4n) is 1.35. The summed E-state index contributed by atoms with van der Waals surface area (Å²) >= 11 is 15.5. The highest BCUT2D eigenvalue weighted by atomic mass is 79.9. The van der Waals surface area contributed by atoms with Crippen LogP contribution in [0.1, 0.15) is 5.56 Å². The maximum Gasteiger partial charge on any atom is 0.130 e. The van der Waals surface area contributed by atoms with Crippen molar-refractivity contribution in [3.8, 4) is 0 Å². The van der Waals surface area contributed by atoms with Gasteiger partial charge in [-0.3, -0.25) is 0 Å². The molecular formula is C12H9BrCl2N2. The van der Waals surface area contributed by atoms with Crippen molar-refractivity contribution in [2.24, 2.45) is 0 Å². The van der Waals surface area contributed by atoms with Crippen LogP contribution in [0.25, 0.3) is 0 Å². The molecule has 0 bridgehead atoms. The van der Waals surface area contributed by atoms with E-state index in [-0.39, 0.29) is 0 Å². The van der Waals surface area contributed by atoms with Crippen LogP contribution in [-0.4, -0.2) is 4.98 Å². The number of pyridine rings is 1. The molecule has 0 fully saturated rings. The molecule has 0 atom stereocenters. The van der Waals surface area contributed by atoms with Gasteiger partial charge in [-0.05, 0) is 46.6 Å². The van der Waals surface area contributed by atoms with Gasteiger partial charge in [-0.2, -0.15) is 0 Å². The molecule has 0 unspecified atom stereocenters. The van der Waals surface area contributed by atoms with Crippen molar-refractivity contribution in [2.45, 2.75) is 6.92 Å². The second kappa shape index (κ2) is 5.25. The van der Waals surface area contributed by atoms with Gasteiger partial charge in [-0.25, -0.2) is 4.98 Å². The number of nitrogens with zero attached hydrogens (tertiary/aromatic N) is 1. The van der Waals surface area contributed by atoms with Crippen molar-refractivity contribution < 1.29 is 0 Å². The maximum absolute atomic E-state index is 6.07. The first-order valence-corrected chi connectivity index (χ1v) is 6.46. The lowest BCUT2D eigenvalue weighted by Crippen LogP contribution is -1.95. The zero-order valence-corrected chi connectivity index (χ0v) is 12.1. The van der Waals surface area contributed by atoms with Crippen LogP contribution in [0.2, 0.25) is 10.0 Å². The standard InChI is InChI=1S/C12H9BrCl2N2/c1-7-5-11(16-6-8(7)13)17-12-9(14)3-2-4-10(12)15/h2-6H,1H3,(H,16,17). The summed E-state index contributed by atoms with van der Waals surface area (Å²) in [6, 6.07) is 7.28. The van der Waals surface area contributed by atoms with Crippen molar-refractivity contribution in [3.05, 3.63) is 50.5 Å². The van der Waals surface area contributed by atoms with Gasteiger partial charge in [0.25, 0.3) is 0 Å². The lowest BCUT2D eigenvalue weighted by Gasteiger charge is -2.10. The first-order chi connectivity index (χ1) is 8.08. The van der Waals surface area contributed by atoms with Gasteiger partial charge in [0.1, 0.15) is 5.82 Å². The van der Waals surface area contributed by atoms with E-state index < -0.39 is 0 Å². The first-order valence-electron chi connectivity index (χ1n) is 4.91. The molecule has 1 N–H and O–H groups in total. The monoisotopic (exact) mass is 330 g/mol. The Morgan fingerprint density at radius 3 is 2.47 bits per heavy atom. The lowest BCUT2D eigenvalue weighted by atomic mass is 10.3. The summed E-state index contributed by atoms with van der Waals surface area (Å²) in [4.78, 5) is 4.24. The topological polar surface area (TPSA) is 24.9 Å². The third-order valence-electron chi connectivity index (χ3n) is 2.26. The Hall–Kier alpha value is -0.770. The highest BCUT2D eigenvalue weighted by Gasteiger charge is 2.06. The van der Waals surface area contributed by atoms with Crippen LogP contribution in [0.3, 0.4) is 0 Å². The summed E-state index contributed by atoms with van der Waals surface area (Å²) < 4.78 is 0.966. The van der Waals surface area contributed by atoms with E-state index in [1.165, 1.54) is 0 Å². The Balaban J connectivity index is 2.35. The van der Waals surface area contributed by atoms with Crippen molar-refractivity contribution in [2.75, 3.05) is 5.32 Å². The van der Waals surface area contributed by atoms with Gasteiger partial charge in [0.2, 0.25) is 0 Å². The Labute approximate surface area is 118 Å². The summed E-state index contributed by atoms with van der Waals surface area (Å²) in [5, 5.41) is 4.25. The highest BCUT2D eigenvalue weighted by molar-refractivity contribution is 9.10. The van der Waals surface area contributed by atoms with Crippen molar-refractivity contribution >= 4 is 50.6 Å². The molecule has 0 aliphatic heterocycles. The van der Waals surface area contributed by atoms with Gasteiger partial charge in [0.05, 0.1) is 15.7 Å². The third kappa shape index (κ3) is 2.92. The number of para-hydroxylation sites is 1. The van der Waals surface area contributed by atoms with E-state index in [1.54, 1.807) is 24.4 Å². The normalized spacial score (nSPS) is 10.4. The van der Waals surface area contributed by atoms with Crippen molar-refractivity contribution in [1.82, 2.24) is 4.98 Å². The Morgan fingerprint density at radius 1 is 1.24 bits per heavy atom. The number of halogens is 3. The largest absolute Gasteiger partial charge is 0.338 e. The quantitative estimate of drug-likeness (QED) is 0.817. The Kier molecular flexibility index (Phi) is 3.92. The molecule has 5 heteroatoms. The van der Waals surface area contributed by atoms with Gasteiger partial charge in [-0.1, -0.05) is 29.3 Å². The van der Waals surface area contributed by atoms with E-state index in [1.807, 2.05) is 13.0 Å². The molecule has 0 aliphatic rings. The average molecular weight is 332 g/mol. The van der Waals surface area contributed by atoms with Crippen LogP contribution in [0.4, 0.5) is 11.5 Å². The summed E-state index contributed by atoms with van der Waals surface area (Å²) in [6.07, 6.45) is 1.74. The highest BCUT2D eigenvalue weighted by Crippen LogP contribution is 2.32. The predicted molar refractivity (Wildman–Crippen MR) is 76.4 cm³/mol. The molecule has 2 aromatic rings. The Bertz CT molecular complexity index is 538. The molecule has 0 saturated heterocycles. The van der Waals surface area contributed by atoms with E-state index in [4.69, 9.17) is 23.2 Å². The molecule has 1 heterocycles. The number of nitrogens with one attached hydrogen (secondary N) is 1. The van der Waals surface area contributed by atoms with Crippen LogP contribution in [0.15, 0.2) is 34.9 Å². The number of benzene rings is 1. The van der Waals surface area contributed by atoms with Crippen LogP contribution in [0, 0.1) is 6.92 Å². The van der Waals surface area contributed by atoms with E-state index in [0.29, 0.717) is 21.6 Å². The zero-order chi connectivity index (χ0) is 12.4. The second-order valence-electron chi connectivity index (χ2n) is 3.54. The molecule has 2 rings (SSSR count). The summed E-state index contributed by atoms with van der Waals surface area (Å²) in [6.45, 7) is 1.99. The number of hydrogen-bond acceptors (Lipinski definition) is 2. The molecular weight excluding hydrogens is 323 g/mol. The zero-order valence-electron chi connectivity index (χ0n) is 8.97. The summed E-state index contributed by atoms with van der Waals surface area (Å²) in [5.41, 5.74) is 1.76. The van der Waals surface area contributed by atoms with Gasteiger partial charge < -0.3 is 5.32 Å².